The maximum Gasteiger partial charge on any atom is 0.333 e. The van der Waals surface area contributed by atoms with Gasteiger partial charge < -0.3 is 4.74 Å². The summed E-state index contributed by atoms with van der Waals surface area (Å²) >= 11 is 1.67. The van der Waals surface area contributed by atoms with Gasteiger partial charge in [-0.25, -0.2) is 4.79 Å². The third-order valence-corrected chi connectivity index (χ3v) is 3.40. The molecule has 1 aliphatic rings. The molecule has 2 rings (SSSR count). The second-order valence-corrected chi connectivity index (χ2v) is 4.47. The van der Waals surface area contributed by atoms with Gasteiger partial charge in [0, 0.05) is 10.5 Å². The maximum atomic E-state index is 11.3. The molecule has 0 radical (unpaired) electrons. The van der Waals surface area contributed by atoms with E-state index in [1.54, 1.807) is 18.3 Å². The van der Waals surface area contributed by atoms with E-state index in [-0.39, 0.29) is 12.1 Å². The first kappa shape index (κ1) is 9.46. The van der Waals surface area contributed by atoms with Gasteiger partial charge in [0.05, 0.1) is 0 Å². The summed E-state index contributed by atoms with van der Waals surface area (Å²) in [6.45, 7) is 5.24. The Morgan fingerprint density at radius 3 is 3.21 bits per heavy atom. The van der Waals surface area contributed by atoms with Crippen molar-refractivity contribution in [2.45, 2.75) is 25.9 Å². The molecule has 1 unspecified atom stereocenters. The van der Waals surface area contributed by atoms with Crippen LogP contribution in [0.3, 0.4) is 0 Å². The highest BCUT2D eigenvalue weighted by molar-refractivity contribution is 7.10. The standard InChI is InChI=1S/C11H12O2S/c1-7(2)11(12)13-9-4-3-8-5-6-14-10(8)9/h5-6,9H,1,3-4H2,2H3. The summed E-state index contributed by atoms with van der Waals surface area (Å²) in [5, 5.41) is 2.05. The molecule has 0 aromatic carbocycles. The predicted molar refractivity (Wildman–Crippen MR) is 56.3 cm³/mol. The lowest BCUT2D eigenvalue weighted by atomic mass is 10.3. The molecule has 2 nitrogen and oxygen atoms in total. The molecule has 0 spiro atoms. The monoisotopic (exact) mass is 208 g/mol. The molecule has 0 N–H and O–H groups in total. The summed E-state index contributed by atoms with van der Waals surface area (Å²) in [5.74, 6) is -0.281. The molecular formula is C11H12O2S. The van der Waals surface area contributed by atoms with E-state index in [2.05, 4.69) is 12.6 Å². The van der Waals surface area contributed by atoms with Crippen molar-refractivity contribution < 1.29 is 9.53 Å². The molecular weight excluding hydrogens is 196 g/mol. The highest BCUT2D eigenvalue weighted by Gasteiger charge is 2.26. The molecule has 0 fully saturated rings. The van der Waals surface area contributed by atoms with Crippen molar-refractivity contribution in [2.75, 3.05) is 0 Å². The minimum absolute atomic E-state index is 0.0331. The van der Waals surface area contributed by atoms with Gasteiger partial charge in [-0.3, -0.25) is 0 Å². The van der Waals surface area contributed by atoms with Gasteiger partial charge in [0.2, 0.25) is 0 Å². The van der Waals surface area contributed by atoms with Gasteiger partial charge in [-0.2, -0.15) is 0 Å². The van der Waals surface area contributed by atoms with E-state index in [1.807, 2.05) is 5.38 Å². The van der Waals surface area contributed by atoms with Crippen LogP contribution in [0.5, 0.6) is 0 Å². The average molecular weight is 208 g/mol. The van der Waals surface area contributed by atoms with Crippen LogP contribution in [0.15, 0.2) is 23.6 Å². The number of carbonyl (C=O) groups excluding carboxylic acids is 1. The van der Waals surface area contributed by atoms with Crippen molar-refractivity contribution in [3.63, 3.8) is 0 Å². The zero-order valence-electron chi connectivity index (χ0n) is 8.08. The first-order chi connectivity index (χ1) is 6.68. The van der Waals surface area contributed by atoms with Crippen LogP contribution in [0.25, 0.3) is 0 Å². The lowest BCUT2D eigenvalue weighted by Crippen LogP contribution is -2.08. The Balaban J connectivity index is 2.09. The van der Waals surface area contributed by atoms with Crippen LogP contribution in [0.2, 0.25) is 0 Å². The Hall–Kier alpha value is -1.09. The largest absolute Gasteiger partial charge is 0.453 e. The molecule has 1 heterocycles. The van der Waals surface area contributed by atoms with Gasteiger partial charge in [-0.1, -0.05) is 6.58 Å². The summed E-state index contributed by atoms with van der Waals surface area (Å²) in [7, 11) is 0. The number of thiophene rings is 1. The van der Waals surface area contributed by atoms with E-state index in [9.17, 15) is 4.79 Å². The Morgan fingerprint density at radius 1 is 1.71 bits per heavy atom. The summed E-state index contributed by atoms with van der Waals surface area (Å²) < 4.78 is 5.33. The lowest BCUT2D eigenvalue weighted by molar-refractivity contribution is -0.144. The van der Waals surface area contributed by atoms with Gasteiger partial charge in [0.1, 0.15) is 6.10 Å². The van der Waals surface area contributed by atoms with Crippen molar-refractivity contribution in [3.05, 3.63) is 34.0 Å². The Kier molecular flexibility index (Phi) is 2.42. The molecule has 1 atom stereocenters. The highest BCUT2D eigenvalue weighted by atomic mass is 32.1. The minimum atomic E-state index is -0.281. The van der Waals surface area contributed by atoms with Crippen molar-refractivity contribution >= 4 is 17.3 Å². The average Bonchev–Trinajstić information content (AvgIpc) is 2.69. The van der Waals surface area contributed by atoms with Crippen LogP contribution in [0, 0.1) is 0 Å². The minimum Gasteiger partial charge on any atom is -0.453 e. The van der Waals surface area contributed by atoms with Gasteiger partial charge >= 0.3 is 5.97 Å². The SMILES string of the molecule is C=C(C)C(=O)OC1CCc2ccsc21. The third kappa shape index (κ3) is 1.60. The normalized spacial score (nSPS) is 19.1. The fourth-order valence-electron chi connectivity index (χ4n) is 1.60. The fraction of sp³-hybridized carbons (Fsp3) is 0.364. The molecule has 14 heavy (non-hydrogen) atoms. The highest BCUT2D eigenvalue weighted by Crippen LogP contribution is 2.38. The number of hydrogen-bond acceptors (Lipinski definition) is 3. The number of esters is 1. The second-order valence-electron chi connectivity index (χ2n) is 3.52. The van der Waals surface area contributed by atoms with E-state index >= 15 is 0 Å². The van der Waals surface area contributed by atoms with Crippen LogP contribution in [-0.4, -0.2) is 5.97 Å². The van der Waals surface area contributed by atoms with Crippen molar-refractivity contribution in [3.8, 4) is 0 Å². The van der Waals surface area contributed by atoms with Crippen molar-refractivity contribution in [2.24, 2.45) is 0 Å². The van der Waals surface area contributed by atoms with Crippen LogP contribution >= 0.6 is 11.3 Å². The molecule has 0 saturated carbocycles. The van der Waals surface area contributed by atoms with Crippen molar-refractivity contribution in [1.82, 2.24) is 0 Å². The zero-order valence-corrected chi connectivity index (χ0v) is 8.89. The third-order valence-electron chi connectivity index (χ3n) is 2.35. The van der Waals surface area contributed by atoms with Gasteiger partial charge in [0.25, 0.3) is 0 Å². The van der Waals surface area contributed by atoms with Crippen LogP contribution in [0.1, 0.15) is 29.9 Å². The van der Waals surface area contributed by atoms with Crippen LogP contribution < -0.4 is 0 Å². The maximum absolute atomic E-state index is 11.3. The number of rotatable bonds is 2. The summed E-state index contributed by atoms with van der Waals surface area (Å²) in [6, 6.07) is 2.11. The first-order valence-corrected chi connectivity index (χ1v) is 5.49. The van der Waals surface area contributed by atoms with E-state index in [1.165, 1.54) is 10.4 Å². The summed E-state index contributed by atoms with van der Waals surface area (Å²) in [5.41, 5.74) is 1.80. The molecule has 0 aliphatic heterocycles. The van der Waals surface area contributed by atoms with E-state index in [0.717, 1.165) is 12.8 Å². The van der Waals surface area contributed by atoms with E-state index in [0.29, 0.717) is 5.57 Å². The number of fused-ring (bicyclic) bond motifs is 1. The van der Waals surface area contributed by atoms with Crippen LogP contribution in [-0.2, 0) is 16.0 Å². The number of hydrogen-bond donors (Lipinski definition) is 0. The molecule has 0 bridgehead atoms. The first-order valence-electron chi connectivity index (χ1n) is 4.61. The van der Waals surface area contributed by atoms with Crippen molar-refractivity contribution in [1.29, 1.82) is 0 Å². The zero-order chi connectivity index (χ0) is 10.1. The van der Waals surface area contributed by atoms with Gasteiger partial charge in [-0.05, 0) is 36.8 Å². The van der Waals surface area contributed by atoms with E-state index in [4.69, 9.17) is 4.74 Å². The number of ether oxygens (including phenoxy) is 1. The molecule has 0 saturated heterocycles. The quantitative estimate of drug-likeness (QED) is 0.552. The molecule has 74 valence electrons. The molecule has 1 aromatic rings. The Bertz CT molecular complexity index is 378. The molecule has 3 heteroatoms. The Labute approximate surface area is 87.2 Å². The Morgan fingerprint density at radius 2 is 2.50 bits per heavy atom. The predicted octanol–water partition coefficient (Wildman–Crippen LogP) is 2.85. The molecule has 1 aliphatic carbocycles. The smallest absolute Gasteiger partial charge is 0.333 e. The van der Waals surface area contributed by atoms with Gasteiger partial charge in [-0.15, -0.1) is 11.3 Å². The lowest BCUT2D eigenvalue weighted by Gasteiger charge is -2.11. The molecule has 0 amide bonds. The molecule has 1 aromatic heterocycles. The summed E-state index contributed by atoms with van der Waals surface area (Å²) in [6.07, 6.45) is 1.91. The topological polar surface area (TPSA) is 26.3 Å². The number of carbonyl (C=O) groups is 1. The fourth-order valence-corrected chi connectivity index (χ4v) is 2.61. The second kappa shape index (κ2) is 3.58. The van der Waals surface area contributed by atoms with Crippen LogP contribution in [0.4, 0.5) is 0 Å². The van der Waals surface area contributed by atoms with E-state index < -0.39 is 0 Å². The summed E-state index contributed by atoms with van der Waals surface area (Å²) in [4.78, 5) is 12.5. The van der Waals surface area contributed by atoms with Gasteiger partial charge in [0.15, 0.2) is 0 Å². The number of aryl methyl sites for hydroxylation is 1.